The molecule has 0 unspecified atom stereocenters. The van der Waals surface area contributed by atoms with Gasteiger partial charge in [0.05, 0.1) is 17.4 Å². The minimum absolute atomic E-state index is 0.0250. The van der Waals surface area contributed by atoms with Gasteiger partial charge in [-0.05, 0) is 32.9 Å². The van der Waals surface area contributed by atoms with Crippen LogP contribution >= 0.6 is 11.8 Å². The number of nitrogens with one attached hydrogen (secondary N) is 1. The van der Waals surface area contributed by atoms with E-state index in [1.165, 1.54) is 0 Å². The summed E-state index contributed by atoms with van der Waals surface area (Å²) in [7, 11) is 0. The Morgan fingerprint density at radius 2 is 2.25 bits per heavy atom. The Morgan fingerprint density at radius 3 is 2.88 bits per heavy atom. The summed E-state index contributed by atoms with van der Waals surface area (Å²) in [6, 6.07) is 0. The second kappa shape index (κ2) is 4.94. The topological polar surface area (TPSA) is 52.6 Å². The van der Waals surface area contributed by atoms with Crippen LogP contribution in [0.15, 0.2) is 0 Å². The summed E-state index contributed by atoms with van der Waals surface area (Å²) < 4.78 is 0. The summed E-state index contributed by atoms with van der Waals surface area (Å²) in [5, 5.41) is 12.6. The van der Waals surface area contributed by atoms with Gasteiger partial charge >= 0.3 is 0 Å². The van der Waals surface area contributed by atoms with Crippen molar-refractivity contribution in [3.05, 3.63) is 0 Å². The molecule has 1 atom stereocenters. The molecule has 2 heterocycles. The predicted octanol–water partition coefficient (Wildman–Crippen LogP) is 0.412. The number of hydrogen-bond acceptors (Lipinski definition) is 4. The van der Waals surface area contributed by atoms with E-state index in [0.29, 0.717) is 0 Å². The third-order valence-electron chi connectivity index (χ3n) is 3.33. The normalized spacial score (nSPS) is 26.0. The van der Waals surface area contributed by atoms with Crippen molar-refractivity contribution in [1.82, 2.24) is 10.2 Å². The van der Waals surface area contributed by atoms with Crippen LogP contribution in [-0.4, -0.2) is 52.3 Å². The average Bonchev–Trinajstić information content (AvgIpc) is 2.62. The van der Waals surface area contributed by atoms with Gasteiger partial charge in [0.15, 0.2) is 0 Å². The van der Waals surface area contributed by atoms with Crippen molar-refractivity contribution < 1.29 is 9.90 Å². The molecule has 0 saturated carbocycles. The van der Waals surface area contributed by atoms with Crippen molar-refractivity contribution in [2.75, 3.05) is 25.4 Å². The smallest absolute Gasteiger partial charge is 0.226 e. The lowest BCUT2D eigenvalue weighted by Crippen LogP contribution is -2.52. The molecule has 16 heavy (non-hydrogen) atoms. The molecule has 0 radical (unpaired) electrons. The Balaban J connectivity index is 2.04. The lowest BCUT2D eigenvalue weighted by atomic mass is 10.0. The number of hydrogen-bond donors (Lipinski definition) is 2. The Hall–Kier alpha value is -0.260. The van der Waals surface area contributed by atoms with E-state index >= 15 is 0 Å². The van der Waals surface area contributed by atoms with Gasteiger partial charge in [-0.25, -0.2) is 0 Å². The second-order valence-electron chi connectivity index (χ2n) is 4.64. The van der Waals surface area contributed by atoms with Gasteiger partial charge in [0.2, 0.25) is 5.91 Å². The molecule has 2 saturated heterocycles. The molecule has 0 bridgehead atoms. The summed E-state index contributed by atoms with van der Waals surface area (Å²) in [5.41, 5.74) is 0. The largest absolute Gasteiger partial charge is 0.393 e. The average molecular weight is 244 g/mol. The fraction of sp³-hybridized carbons (Fsp3) is 0.909. The van der Waals surface area contributed by atoms with Crippen LogP contribution in [0.1, 0.15) is 26.2 Å². The summed E-state index contributed by atoms with van der Waals surface area (Å²) >= 11 is 1.91. The quantitative estimate of drug-likeness (QED) is 0.739. The molecule has 0 aromatic rings. The maximum atomic E-state index is 12.1. The van der Waals surface area contributed by atoms with Gasteiger partial charge < -0.3 is 15.3 Å². The minimum Gasteiger partial charge on any atom is -0.393 e. The molecule has 5 heteroatoms. The molecule has 2 N–H and O–H groups in total. The molecule has 0 aliphatic carbocycles. The van der Waals surface area contributed by atoms with E-state index in [0.717, 1.165) is 38.2 Å². The van der Waals surface area contributed by atoms with Crippen molar-refractivity contribution in [3.63, 3.8) is 0 Å². The van der Waals surface area contributed by atoms with E-state index in [-0.39, 0.29) is 17.2 Å². The molecule has 2 aliphatic heterocycles. The summed E-state index contributed by atoms with van der Waals surface area (Å²) in [4.78, 5) is 14.1. The highest BCUT2D eigenvalue weighted by atomic mass is 32.2. The number of carbonyl (C=O) groups is 1. The van der Waals surface area contributed by atoms with E-state index in [2.05, 4.69) is 5.32 Å². The lowest BCUT2D eigenvalue weighted by molar-refractivity contribution is -0.136. The van der Waals surface area contributed by atoms with Crippen LogP contribution in [-0.2, 0) is 4.79 Å². The van der Waals surface area contributed by atoms with E-state index in [1.54, 1.807) is 6.92 Å². The Kier molecular flexibility index (Phi) is 3.77. The first kappa shape index (κ1) is 12.2. The van der Waals surface area contributed by atoms with Gasteiger partial charge in [0.1, 0.15) is 0 Å². The Labute approximate surface area is 101 Å². The first-order valence-corrected chi connectivity index (χ1v) is 6.96. The number of aliphatic hydroxyl groups is 1. The van der Waals surface area contributed by atoms with E-state index in [1.807, 2.05) is 16.7 Å². The number of carbonyl (C=O) groups excluding carboxylic acids is 1. The number of rotatable bonds is 2. The van der Waals surface area contributed by atoms with Crippen LogP contribution in [0.3, 0.4) is 0 Å². The monoisotopic (exact) mass is 244 g/mol. The predicted molar refractivity (Wildman–Crippen MR) is 65.3 cm³/mol. The van der Waals surface area contributed by atoms with Crippen molar-refractivity contribution in [2.45, 2.75) is 37.2 Å². The zero-order valence-electron chi connectivity index (χ0n) is 9.74. The van der Waals surface area contributed by atoms with Crippen LogP contribution in [0.5, 0.6) is 0 Å². The van der Waals surface area contributed by atoms with Crippen LogP contribution in [0.4, 0.5) is 0 Å². The molecular formula is C11H20N2O2S. The Morgan fingerprint density at radius 1 is 1.56 bits per heavy atom. The minimum atomic E-state index is -0.531. The SMILES string of the molecule is C[C@@H](O)CC(=O)N1CCSC12CCNCC2. The van der Waals surface area contributed by atoms with Crippen LogP contribution < -0.4 is 5.32 Å². The van der Waals surface area contributed by atoms with Gasteiger partial charge in [-0.2, -0.15) is 0 Å². The molecular weight excluding hydrogens is 224 g/mol. The van der Waals surface area contributed by atoms with E-state index in [9.17, 15) is 9.90 Å². The van der Waals surface area contributed by atoms with Gasteiger partial charge in [-0.3, -0.25) is 4.79 Å². The number of amides is 1. The summed E-state index contributed by atoms with van der Waals surface area (Å²) in [5.74, 6) is 1.15. The number of thioether (sulfide) groups is 1. The molecule has 2 fully saturated rings. The Bertz CT molecular complexity index is 265. The number of aliphatic hydroxyl groups excluding tert-OH is 1. The molecule has 4 nitrogen and oxygen atoms in total. The van der Waals surface area contributed by atoms with Crippen molar-refractivity contribution in [1.29, 1.82) is 0 Å². The first-order chi connectivity index (χ1) is 7.64. The van der Waals surface area contributed by atoms with Gasteiger partial charge in [-0.1, -0.05) is 0 Å². The summed E-state index contributed by atoms with van der Waals surface area (Å²) in [6.07, 6.45) is 1.79. The van der Waals surface area contributed by atoms with Crippen molar-refractivity contribution >= 4 is 17.7 Å². The molecule has 2 rings (SSSR count). The molecule has 1 spiro atoms. The van der Waals surface area contributed by atoms with Crippen molar-refractivity contribution in [3.8, 4) is 0 Å². The fourth-order valence-corrected chi connectivity index (χ4v) is 4.05. The maximum absolute atomic E-state index is 12.1. The number of piperidine rings is 1. The molecule has 0 aromatic heterocycles. The highest BCUT2D eigenvalue weighted by Gasteiger charge is 2.44. The standard InChI is InChI=1S/C11H20N2O2S/c1-9(14)8-10(15)13-6-7-16-11(13)2-4-12-5-3-11/h9,12,14H,2-8H2,1H3/t9-/m1/s1. The molecule has 1 amide bonds. The van der Waals surface area contributed by atoms with Crippen LogP contribution in [0, 0.1) is 0 Å². The van der Waals surface area contributed by atoms with Crippen LogP contribution in [0.25, 0.3) is 0 Å². The second-order valence-corrected chi connectivity index (χ2v) is 6.10. The van der Waals surface area contributed by atoms with E-state index < -0.39 is 6.10 Å². The highest BCUT2D eigenvalue weighted by molar-refractivity contribution is 8.00. The zero-order chi connectivity index (χ0) is 11.6. The fourth-order valence-electron chi connectivity index (χ4n) is 2.56. The van der Waals surface area contributed by atoms with Gasteiger partial charge in [-0.15, -0.1) is 11.8 Å². The third-order valence-corrected chi connectivity index (χ3v) is 4.89. The van der Waals surface area contributed by atoms with Gasteiger partial charge in [0, 0.05) is 12.3 Å². The van der Waals surface area contributed by atoms with Crippen LogP contribution in [0.2, 0.25) is 0 Å². The number of nitrogens with zero attached hydrogens (tertiary/aromatic N) is 1. The van der Waals surface area contributed by atoms with Crippen molar-refractivity contribution in [2.24, 2.45) is 0 Å². The van der Waals surface area contributed by atoms with E-state index in [4.69, 9.17) is 0 Å². The molecule has 2 aliphatic rings. The molecule has 92 valence electrons. The van der Waals surface area contributed by atoms with Gasteiger partial charge in [0.25, 0.3) is 0 Å². The summed E-state index contributed by atoms with van der Waals surface area (Å²) in [6.45, 7) is 4.50. The zero-order valence-corrected chi connectivity index (χ0v) is 10.6. The third kappa shape index (κ3) is 2.36. The maximum Gasteiger partial charge on any atom is 0.226 e. The highest BCUT2D eigenvalue weighted by Crippen LogP contribution is 2.42. The first-order valence-electron chi connectivity index (χ1n) is 5.97. The lowest BCUT2D eigenvalue weighted by Gasteiger charge is -2.41. The molecule has 0 aromatic carbocycles.